The van der Waals surface area contributed by atoms with Crippen molar-refractivity contribution in [1.29, 1.82) is 0 Å². The molecular formula is C23H18N7O6S+. The number of aryl methyl sites for hydroxylation is 1. The predicted octanol–water partition coefficient (Wildman–Crippen LogP) is 3.28. The first-order valence-corrected chi connectivity index (χ1v) is 11.5. The van der Waals surface area contributed by atoms with Crippen LogP contribution in [-0.2, 0) is 0 Å². The molecule has 0 radical (unpaired) electrons. The molecule has 0 saturated heterocycles. The quantitative estimate of drug-likeness (QED) is 0.218. The molecule has 0 aliphatic carbocycles. The van der Waals surface area contributed by atoms with Crippen molar-refractivity contribution in [1.82, 2.24) is 20.0 Å². The number of rotatable bonds is 7. The number of ether oxygens (including phenoxy) is 1. The smallest absolute Gasteiger partial charge is 0.437 e. The van der Waals surface area contributed by atoms with Gasteiger partial charge in [0.1, 0.15) is 11.4 Å². The minimum Gasteiger partial charge on any atom is -0.497 e. The molecule has 3 N–H and O–H groups in total. The van der Waals surface area contributed by atoms with Gasteiger partial charge in [-0.1, -0.05) is 12.1 Å². The Morgan fingerprint density at radius 2 is 1.92 bits per heavy atom. The van der Waals surface area contributed by atoms with Crippen LogP contribution in [0, 0.1) is 6.92 Å². The van der Waals surface area contributed by atoms with Crippen LogP contribution in [0.1, 0.15) is 16.1 Å². The monoisotopic (exact) mass is 520 g/mol. The number of carboxylic acid groups (broad SMARTS) is 1. The third-order valence-corrected chi connectivity index (χ3v) is 6.16. The molecule has 13 nitrogen and oxygen atoms in total. The van der Waals surface area contributed by atoms with E-state index in [0.29, 0.717) is 17.1 Å². The molecule has 37 heavy (non-hydrogen) atoms. The molecule has 0 saturated carbocycles. The highest BCUT2D eigenvalue weighted by Crippen LogP contribution is 2.24. The van der Waals surface area contributed by atoms with Crippen molar-refractivity contribution in [3.8, 4) is 28.0 Å². The summed E-state index contributed by atoms with van der Waals surface area (Å²) in [5, 5.41) is 24.6. The van der Waals surface area contributed by atoms with Crippen molar-refractivity contribution < 1.29 is 23.8 Å². The van der Waals surface area contributed by atoms with E-state index in [-0.39, 0.29) is 33.5 Å². The molecule has 0 amide bonds. The molecule has 0 atom stereocenters. The summed E-state index contributed by atoms with van der Waals surface area (Å²) in [6.07, 6.45) is 0. The second-order valence-electron chi connectivity index (χ2n) is 7.63. The number of nitrogens with zero attached hydrogens (tertiary/aromatic N) is 5. The number of H-pyrrole nitrogens is 2. The lowest BCUT2D eigenvalue weighted by atomic mass is 10.2. The SMILES string of the molecule is COc1ccc(-[n+]2[nH]oc(=O)c2-c2csc(-n3[nH]c(C)c(N=Nc4ccccc4C(=O)O)c3=O)n2)cc1. The second-order valence-corrected chi connectivity index (χ2v) is 8.46. The molecule has 3 heterocycles. The fraction of sp³-hybridized carbons (Fsp3) is 0.0870. The van der Waals surface area contributed by atoms with E-state index in [1.54, 1.807) is 55.8 Å². The molecule has 0 fully saturated rings. The fourth-order valence-corrected chi connectivity index (χ4v) is 4.28. The molecule has 0 aliphatic heterocycles. The van der Waals surface area contributed by atoms with E-state index in [4.69, 9.17) is 9.26 Å². The maximum absolute atomic E-state index is 13.1. The van der Waals surface area contributed by atoms with Gasteiger partial charge >= 0.3 is 22.8 Å². The first kappa shape index (κ1) is 23.6. The van der Waals surface area contributed by atoms with Gasteiger partial charge in [-0.25, -0.2) is 14.6 Å². The first-order chi connectivity index (χ1) is 17.9. The standard InChI is InChI=1S/C23H17N7O6S/c1-12-18(26-25-16-6-4-3-5-15(16)21(32)33)20(31)30(27-12)23-24-17(11-37-23)19-22(34)36-28-29(19)13-7-9-14(35-2)10-8-13/h3-11H,1-2H3,(H2-,25,27,28,31,32,33,34)/p+1. The molecule has 5 rings (SSSR count). The van der Waals surface area contributed by atoms with E-state index in [2.05, 4.69) is 25.6 Å². The van der Waals surface area contributed by atoms with E-state index >= 15 is 0 Å². The number of hydrogen-bond donors (Lipinski definition) is 3. The van der Waals surface area contributed by atoms with Crippen molar-refractivity contribution in [3.63, 3.8) is 0 Å². The van der Waals surface area contributed by atoms with Crippen molar-refractivity contribution in [2.75, 3.05) is 7.11 Å². The van der Waals surface area contributed by atoms with E-state index in [1.165, 1.54) is 21.5 Å². The molecular weight excluding hydrogens is 502 g/mol. The lowest BCUT2D eigenvalue weighted by Crippen LogP contribution is -2.36. The number of thiazole rings is 1. The van der Waals surface area contributed by atoms with Crippen molar-refractivity contribution in [2.24, 2.45) is 10.2 Å². The molecule has 0 spiro atoms. The highest BCUT2D eigenvalue weighted by Gasteiger charge is 2.28. The minimum atomic E-state index is -1.16. The minimum absolute atomic E-state index is 0.00797. The summed E-state index contributed by atoms with van der Waals surface area (Å²) < 4.78 is 12.8. The van der Waals surface area contributed by atoms with Gasteiger partial charge in [0.15, 0.2) is 11.4 Å². The van der Waals surface area contributed by atoms with Gasteiger partial charge in [-0.15, -0.1) is 21.6 Å². The zero-order chi connectivity index (χ0) is 26.1. The number of carbonyl (C=O) groups is 1. The largest absolute Gasteiger partial charge is 0.497 e. The molecule has 5 aromatic rings. The lowest BCUT2D eigenvalue weighted by molar-refractivity contribution is -0.660. The van der Waals surface area contributed by atoms with E-state index in [0.717, 1.165) is 11.3 Å². The van der Waals surface area contributed by atoms with Crippen LogP contribution in [0.2, 0.25) is 0 Å². The fourth-order valence-electron chi connectivity index (χ4n) is 3.52. The Hall–Kier alpha value is -5.11. The maximum atomic E-state index is 13.1. The predicted molar refractivity (Wildman–Crippen MR) is 131 cm³/mol. The Morgan fingerprint density at radius 3 is 2.65 bits per heavy atom. The summed E-state index contributed by atoms with van der Waals surface area (Å²) in [7, 11) is 1.55. The number of benzene rings is 2. The summed E-state index contributed by atoms with van der Waals surface area (Å²) in [6.45, 7) is 1.63. The number of aromatic carboxylic acids is 1. The molecule has 14 heteroatoms. The normalized spacial score (nSPS) is 11.3. The van der Waals surface area contributed by atoms with Gasteiger partial charge < -0.3 is 9.84 Å². The summed E-state index contributed by atoms with van der Waals surface area (Å²) >= 11 is 1.12. The van der Waals surface area contributed by atoms with Gasteiger partial charge in [0.25, 0.3) is 0 Å². The number of azo groups is 1. The molecule has 186 valence electrons. The zero-order valence-corrected chi connectivity index (χ0v) is 20.1. The van der Waals surface area contributed by atoms with Crippen LogP contribution in [-0.4, -0.2) is 38.2 Å². The van der Waals surface area contributed by atoms with Crippen molar-refractivity contribution >= 4 is 28.7 Å². The number of nitrogens with one attached hydrogen (secondary N) is 2. The highest BCUT2D eigenvalue weighted by atomic mass is 32.1. The van der Waals surface area contributed by atoms with Crippen LogP contribution in [0.3, 0.4) is 0 Å². The van der Waals surface area contributed by atoms with Gasteiger partial charge in [-0.05, 0) is 41.1 Å². The lowest BCUT2D eigenvalue weighted by Gasteiger charge is -1.97. The Kier molecular flexibility index (Phi) is 6.07. The number of hydrogen-bond acceptors (Lipinski definition) is 9. The van der Waals surface area contributed by atoms with E-state index < -0.39 is 17.2 Å². The highest BCUT2D eigenvalue weighted by molar-refractivity contribution is 7.12. The van der Waals surface area contributed by atoms with Crippen LogP contribution in [0.5, 0.6) is 5.75 Å². The van der Waals surface area contributed by atoms with Gasteiger partial charge in [0.05, 0.1) is 18.4 Å². The molecule has 0 bridgehead atoms. The summed E-state index contributed by atoms with van der Waals surface area (Å²) in [5.74, 6) is -0.511. The Labute approximate surface area is 210 Å². The van der Waals surface area contributed by atoms with Crippen LogP contribution in [0.25, 0.3) is 22.2 Å². The maximum Gasteiger partial charge on any atom is 0.437 e. The summed E-state index contributed by atoms with van der Waals surface area (Å²) in [6, 6.07) is 13.0. The number of carboxylic acids is 1. The van der Waals surface area contributed by atoms with Crippen molar-refractivity contribution in [2.45, 2.75) is 6.92 Å². The number of methoxy groups -OCH3 is 1. The van der Waals surface area contributed by atoms with Crippen molar-refractivity contribution in [3.05, 3.63) is 85.9 Å². The molecule has 0 aliphatic rings. The molecule has 2 aromatic carbocycles. The average molecular weight is 521 g/mol. The van der Waals surface area contributed by atoms with Gasteiger partial charge in [0.2, 0.25) is 10.8 Å². The van der Waals surface area contributed by atoms with Gasteiger partial charge in [-0.3, -0.25) is 14.4 Å². The third kappa shape index (κ3) is 4.36. The Balaban J connectivity index is 1.50. The van der Waals surface area contributed by atoms with E-state index in [1.807, 2.05) is 0 Å². The van der Waals surface area contributed by atoms with Crippen LogP contribution >= 0.6 is 11.3 Å². The van der Waals surface area contributed by atoms with Crippen LogP contribution in [0.4, 0.5) is 11.4 Å². The topological polar surface area (TPSA) is 172 Å². The Bertz CT molecular complexity index is 1760. The van der Waals surface area contributed by atoms with Crippen LogP contribution < -0.4 is 20.6 Å². The van der Waals surface area contributed by atoms with Crippen LogP contribution in [0.15, 0.2) is 78.3 Å². The first-order valence-electron chi connectivity index (χ1n) is 10.7. The molecule has 0 unspecified atom stereocenters. The Morgan fingerprint density at radius 1 is 1.16 bits per heavy atom. The number of aromatic amines is 2. The van der Waals surface area contributed by atoms with E-state index in [9.17, 15) is 19.5 Å². The summed E-state index contributed by atoms with van der Waals surface area (Å²) in [4.78, 5) is 41.4. The average Bonchev–Trinajstić information content (AvgIpc) is 3.60. The third-order valence-electron chi connectivity index (χ3n) is 5.34. The number of aromatic nitrogens is 5. The zero-order valence-electron chi connectivity index (χ0n) is 19.3. The van der Waals surface area contributed by atoms with Gasteiger partial charge in [-0.2, -0.15) is 4.68 Å². The summed E-state index contributed by atoms with van der Waals surface area (Å²) in [5.41, 5.74) is 0.291. The molecule has 3 aromatic heterocycles. The van der Waals surface area contributed by atoms with Gasteiger partial charge in [0, 0.05) is 17.5 Å². The second kappa shape index (κ2) is 9.50.